The summed E-state index contributed by atoms with van der Waals surface area (Å²) in [5.41, 5.74) is 6.25. The predicted octanol–water partition coefficient (Wildman–Crippen LogP) is 3.96. The zero-order valence-electron chi connectivity index (χ0n) is 9.40. The van der Waals surface area contributed by atoms with Crippen LogP contribution in [0.25, 0.3) is 0 Å². The third-order valence-corrected chi connectivity index (χ3v) is 3.65. The summed E-state index contributed by atoms with van der Waals surface area (Å²) in [5.74, 6) is 0. The summed E-state index contributed by atoms with van der Waals surface area (Å²) in [6.07, 6.45) is 8.15. The van der Waals surface area contributed by atoms with E-state index in [1.165, 1.54) is 38.5 Å². The van der Waals surface area contributed by atoms with E-state index in [-0.39, 0.29) is 0 Å². The molecule has 14 heavy (non-hydrogen) atoms. The molecule has 0 aromatic heterocycles. The summed E-state index contributed by atoms with van der Waals surface area (Å²) < 4.78 is 0. The van der Waals surface area contributed by atoms with Crippen molar-refractivity contribution < 1.29 is 0 Å². The van der Waals surface area contributed by atoms with Gasteiger partial charge in [0.2, 0.25) is 0 Å². The first kappa shape index (κ1) is 9.76. The van der Waals surface area contributed by atoms with Gasteiger partial charge in [-0.1, -0.05) is 25.0 Å². The zero-order valence-corrected chi connectivity index (χ0v) is 9.40. The minimum Gasteiger partial charge on any atom is -0.0585 e. The topological polar surface area (TPSA) is 0 Å². The Hall–Kier alpha value is -0.780. The van der Waals surface area contributed by atoms with Crippen LogP contribution in [0.15, 0.2) is 12.1 Å². The van der Waals surface area contributed by atoms with Gasteiger partial charge < -0.3 is 0 Å². The molecule has 0 saturated carbocycles. The molecule has 0 nitrogen and oxygen atoms in total. The van der Waals surface area contributed by atoms with Crippen LogP contribution in [0, 0.1) is 13.8 Å². The van der Waals surface area contributed by atoms with E-state index >= 15 is 0 Å². The Bertz CT molecular complexity index is 290. The largest absolute Gasteiger partial charge is 0.0585 e. The Kier molecular flexibility index (Phi) is 2.90. The molecule has 2 aliphatic rings. The highest BCUT2D eigenvalue weighted by Crippen LogP contribution is 2.23. The van der Waals surface area contributed by atoms with Crippen molar-refractivity contribution >= 4 is 0 Å². The molecule has 0 unspecified atom stereocenters. The van der Waals surface area contributed by atoms with E-state index in [1.807, 2.05) is 0 Å². The maximum atomic E-state index is 2.35. The minimum atomic E-state index is 1.28. The fourth-order valence-electron chi connectivity index (χ4n) is 2.46. The highest BCUT2D eigenvalue weighted by molar-refractivity contribution is 5.39. The number of hydrogen-bond acceptors (Lipinski definition) is 0. The SMILES string of the molecule is Cc1c2ccc(c1C)CCCCCC2. The normalized spacial score (nSPS) is 17.0. The first-order valence-corrected chi connectivity index (χ1v) is 5.87. The van der Waals surface area contributed by atoms with Gasteiger partial charge in [0, 0.05) is 0 Å². The molecule has 0 radical (unpaired) electrons. The zero-order chi connectivity index (χ0) is 9.97. The molecule has 0 amide bonds. The Morgan fingerprint density at radius 2 is 1.14 bits per heavy atom. The summed E-state index contributed by atoms with van der Waals surface area (Å²) in [6.45, 7) is 4.57. The van der Waals surface area contributed by atoms with Crippen LogP contribution in [-0.4, -0.2) is 0 Å². The van der Waals surface area contributed by atoms with Crippen LogP contribution < -0.4 is 0 Å². The molecule has 0 aliphatic heterocycles. The summed E-state index contributed by atoms with van der Waals surface area (Å²) >= 11 is 0. The maximum absolute atomic E-state index is 2.35. The summed E-state index contributed by atoms with van der Waals surface area (Å²) in [5, 5.41) is 0. The van der Waals surface area contributed by atoms with Crippen LogP contribution in [0.3, 0.4) is 0 Å². The van der Waals surface area contributed by atoms with E-state index < -0.39 is 0 Å². The van der Waals surface area contributed by atoms with Crippen molar-refractivity contribution in [3.63, 3.8) is 0 Å². The third-order valence-electron chi connectivity index (χ3n) is 3.65. The van der Waals surface area contributed by atoms with Crippen molar-refractivity contribution in [3.8, 4) is 0 Å². The average Bonchev–Trinajstić information content (AvgIpc) is 2.22. The first-order valence-electron chi connectivity index (χ1n) is 5.87. The molecule has 1 aromatic carbocycles. The van der Waals surface area contributed by atoms with Crippen molar-refractivity contribution in [1.29, 1.82) is 0 Å². The molecule has 2 bridgehead atoms. The van der Waals surface area contributed by atoms with Crippen LogP contribution in [-0.2, 0) is 12.8 Å². The molecule has 2 aliphatic carbocycles. The minimum absolute atomic E-state index is 1.28. The molecule has 76 valence electrons. The summed E-state index contributed by atoms with van der Waals surface area (Å²) in [4.78, 5) is 0. The molecule has 0 spiro atoms. The van der Waals surface area contributed by atoms with E-state index in [0.29, 0.717) is 0 Å². The van der Waals surface area contributed by atoms with E-state index in [2.05, 4.69) is 26.0 Å². The second-order valence-corrected chi connectivity index (χ2v) is 4.55. The van der Waals surface area contributed by atoms with E-state index in [4.69, 9.17) is 0 Å². The van der Waals surface area contributed by atoms with Crippen LogP contribution >= 0.6 is 0 Å². The molecule has 1 aromatic rings. The lowest BCUT2D eigenvalue weighted by atomic mass is 9.90. The smallest absolute Gasteiger partial charge is 0.0276 e. The van der Waals surface area contributed by atoms with E-state index in [9.17, 15) is 0 Å². The van der Waals surface area contributed by atoms with Crippen molar-refractivity contribution in [3.05, 3.63) is 34.4 Å². The molecular weight excluding hydrogens is 168 g/mol. The standard InChI is InChI=1S/C14H20/c1-11-12(2)14-8-6-4-3-5-7-13(11)9-10-14/h9-10H,3-8H2,1-2H3. The van der Waals surface area contributed by atoms with Gasteiger partial charge in [0.1, 0.15) is 0 Å². The van der Waals surface area contributed by atoms with Gasteiger partial charge in [-0.25, -0.2) is 0 Å². The first-order chi connectivity index (χ1) is 6.79. The Morgan fingerprint density at radius 1 is 0.714 bits per heavy atom. The molecule has 0 N–H and O–H groups in total. The monoisotopic (exact) mass is 188 g/mol. The van der Waals surface area contributed by atoms with Crippen LogP contribution in [0.5, 0.6) is 0 Å². The molecule has 0 heterocycles. The lowest BCUT2D eigenvalue weighted by Crippen LogP contribution is -2.00. The number of aryl methyl sites for hydroxylation is 2. The van der Waals surface area contributed by atoms with Gasteiger partial charge in [0.25, 0.3) is 0 Å². The summed E-state index contributed by atoms with van der Waals surface area (Å²) in [6, 6.07) is 4.70. The Balaban J connectivity index is 2.40. The second kappa shape index (κ2) is 4.16. The molecule has 3 rings (SSSR count). The number of hydrogen-bond donors (Lipinski definition) is 0. The Morgan fingerprint density at radius 3 is 1.57 bits per heavy atom. The van der Waals surface area contributed by atoms with Crippen LogP contribution in [0.1, 0.15) is 47.9 Å². The third kappa shape index (κ3) is 1.84. The molecule has 0 atom stereocenters. The van der Waals surface area contributed by atoms with Crippen LogP contribution in [0.2, 0.25) is 0 Å². The van der Waals surface area contributed by atoms with Crippen molar-refractivity contribution in [1.82, 2.24) is 0 Å². The van der Waals surface area contributed by atoms with E-state index in [1.54, 1.807) is 22.3 Å². The lowest BCUT2D eigenvalue weighted by molar-refractivity contribution is 0.632. The second-order valence-electron chi connectivity index (χ2n) is 4.55. The molecule has 0 heteroatoms. The van der Waals surface area contributed by atoms with Gasteiger partial charge in [0.15, 0.2) is 0 Å². The Labute approximate surface area is 87.3 Å². The predicted molar refractivity (Wildman–Crippen MR) is 61.8 cm³/mol. The van der Waals surface area contributed by atoms with Crippen molar-refractivity contribution in [2.45, 2.75) is 52.4 Å². The van der Waals surface area contributed by atoms with Crippen LogP contribution in [0.4, 0.5) is 0 Å². The fourth-order valence-corrected chi connectivity index (χ4v) is 2.46. The van der Waals surface area contributed by atoms with Gasteiger partial charge in [-0.15, -0.1) is 0 Å². The van der Waals surface area contributed by atoms with Gasteiger partial charge in [-0.2, -0.15) is 0 Å². The van der Waals surface area contributed by atoms with Gasteiger partial charge in [-0.3, -0.25) is 0 Å². The lowest BCUT2D eigenvalue weighted by Gasteiger charge is -2.15. The van der Waals surface area contributed by atoms with E-state index in [0.717, 1.165) is 0 Å². The van der Waals surface area contributed by atoms with Gasteiger partial charge in [0.05, 0.1) is 0 Å². The van der Waals surface area contributed by atoms with Crippen molar-refractivity contribution in [2.75, 3.05) is 0 Å². The fraction of sp³-hybridized carbons (Fsp3) is 0.571. The molecule has 0 saturated heterocycles. The van der Waals surface area contributed by atoms with Gasteiger partial charge in [-0.05, 0) is 61.8 Å². The summed E-state index contributed by atoms with van der Waals surface area (Å²) in [7, 11) is 0. The molecular formula is C14H20. The number of fused-ring (bicyclic) bond motifs is 7. The highest BCUT2D eigenvalue weighted by atomic mass is 14.1. The maximum Gasteiger partial charge on any atom is -0.0276 e. The van der Waals surface area contributed by atoms with Crippen molar-refractivity contribution in [2.24, 2.45) is 0 Å². The van der Waals surface area contributed by atoms with Gasteiger partial charge >= 0.3 is 0 Å². The highest BCUT2D eigenvalue weighted by Gasteiger charge is 2.08. The number of benzene rings is 1. The number of rotatable bonds is 0. The quantitative estimate of drug-likeness (QED) is 0.578. The average molecular weight is 188 g/mol. The molecule has 0 fully saturated rings.